The van der Waals surface area contributed by atoms with E-state index in [1.165, 1.54) is 9.47 Å². The van der Waals surface area contributed by atoms with E-state index in [1.807, 2.05) is 26.0 Å². The third-order valence-electron chi connectivity index (χ3n) is 6.54. The number of aromatic nitrogens is 2. The molecule has 1 aliphatic rings. The number of hydrogen-bond donors (Lipinski definition) is 2. The first-order valence-corrected chi connectivity index (χ1v) is 12.2. The number of ether oxygens (including phenoxy) is 1. The first-order chi connectivity index (χ1) is 16.4. The minimum absolute atomic E-state index is 0.0416. The molecular weight excluding hydrogens is 434 g/mol. The molecule has 186 valence electrons. The molecule has 0 bridgehead atoms. The van der Waals surface area contributed by atoms with E-state index in [-0.39, 0.29) is 36.5 Å². The maximum Gasteiger partial charge on any atom is 0.330 e. The van der Waals surface area contributed by atoms with Crippen molar-refractivity contribution in [3.63, 3.8) is 0 Å². The average molecular weight is 472 g/mol. The number of likely N-dealkylation sites (tertiary alicyclic amines) is 1. The van der Waals surface area contributed by atoms with Crippen molar-refractivity contribution < 1.29 is 9.53 Å². The largest absolute Gasteiger partial charge is 0.497 e. The molecule has 9 heteroatoms. The lowest BCUT2D eigenvalue weighted by molar-refractivity contribution is -0.120. The number of hydrogen-bond acceptors (Lipinski definition) is 6. The monoisotopic (exact) mass is 471 g/mol. The number of rotatable bonds is 9. The summed E-state index contributed by atoms with van der Waals surface area (Å²) in [5.74, 6) is 0.630. The van der Waals surface area contributed by atoms with Gasteiger partial charge in [0, 0.05) is 19.1 Å². The van der Waals surface area contributed by atoms with Crippen LogP contribution in [0.15, 0.2) is 33.9 Å². The Morgan fingerprint density at radius 1 is 1.18 bits per heavy atom. The molecule has 1 aromatic heterocycles. The summed E-state index contributed by atoms with van der Waals surface area (Å²) in [5.41, 5.74) is 6.29. The van der Waals surface area contributed by atoms with Gasteiger partial charge in [0.05, 0.1) is 13.7 Å². The summed E-state index contributed by atoms with van der Waals surface area (Å²) < 4.78 is 6.64. The smallest absolute Gasteiger partial charge is 0.330 e. The number of benzene rings is 1. The second kappa shape index (κ2) is 11.9. The fourth-order valence-corrected chi connectivity index (χ4v) is 4.66. The predicted octanol–water partition coefficient (Wildman–Crippen LogP) is 2.90. The molecule has 1 aromatic carbocycles. The summed E-state index contributed by atoms with van der Waals surface area (Å²) in [4.78, 5) is 44.5. The number of aromatic amines is 1. The van der Waals surface area contributed by atoms with Gasteiger partial charge < -0.3 is 15.4 Å². The highest BCUT2D eigenvalue weighted by Crippen LogP contribution is 2.31. The van der Waals surface area contributed by atoms with Gasteiger partial charge in [-0.05, 0) is 50.4 Å². The van der Waals surface area contributed by atoms with Crippen LogP contribution < -0.4 is 26.6 Å². The summed E-state index contributed by atoms with van der Waals surface area (Å²) in [6.45, 7) is 5.44. The molecule has 1 unspecified atom stereocenters. The number of carbonyl (C=O) groups is 1. The zero-order valence-electron chi connectivity index (χ0n) is 20.5. The van der Waals surface area contributed by atoms with Crippen LogP contribution in [-0.2, 0) is 11.3 Å². The summed E-state index contributed by atoms with van der Waals surface area (Å²) in [6, 6.07) is 8.09. The van der Waals surface area contributed by atoms with Gasteiger partial charge in [0.15, 0.2) is 5.69 Å². The number of nitrogen functional groups attached to an aromatic ring is 1. The molecule has 1 atom stereocenters. The third-order valence-corrected chi connectivity index (χ3v) is 6.54. The summed E-state index contributed by atoms with van der Waals surface area (Å²) in [5, 5.41) is 0. The van der Waals surface area contributed by atoms with Crippen molar-refractivity contribution in [3.05, 3.63) is 50.7 Å². The van der Waals surface area contributed by atoms with Crippen molar-refractivity contribution in [1.82, 2.24) is 14.5 Å². The molecule has 3 N–H and O–H groups in total. The number of nitrogens with one attached hydrogen (secondary N) is 1. The van der Waals surface area contributed by atoms with Crippen LogP contribution in [0.3, 0.4) is 0 Å². The van der Waals surface area contributed by atoms with E-state index in [9.17, 15) is 14.4 Å². The fourth-order valence-electron chi connectivity index (χ4n) is 4.66. The highest BCUT2D eigenvalue weighted by molar-refractivity contribution is 5.96. The number of carbonyl (C=O) groups excluding carboxylic acids is 1. The molecule has 0 spiro atoms. The molecule has 34 heavy (non-hydrogen) atoms. The van der Waals surface area contributed by atoms with Crippen LogP contribution in [0.25, 0.3) is 0 Å². The molecule has 2 aromatic rings. The van der Waals surface area contributed by atoms with Gasteiger partial charge in [-0.1, -0.05) is 38.3 Å². The molecule has 1 aliphatic heterocycles. The summed E-state index contributed by atoms with van der Waals surface area (Å²) in [7, 11) is 1.64. The van der Waals surface area contributed by atoms with E-state index in [1.54, 1.807) is 7.11 Å². The van der Waals surface area contributed by atoms with Gasteiger partial charge >= 0.3 is 5.69 Å². The lowest BCUT2D eigenvalue weighted by Gasteiger charge is -2.32. The van der Waals surface area contributed by atoms with E-state index < -0.39 is 11.2 Å². The van der Waals surface area contributed by atoms with Crippen LogP contribution in [0.5, 0.6) is 5.75 Å². The first-order valence-electron chi connectivity index (χ1n) is 12.2. The van der Waals surface area contributed by atoms with Gasteiger partial charge in [-0.25, -0.2) is 4.79 Å². The Morgan fingerprint density at radius 3 is 2.56 bits per heavy atom. The van der Waals surface area contributed by atoms with Gasteiger partial charge in [0.25, 0.3) is 5.56 Å². The van der Waals surface area contributed by atoms with Crippen molar-refractivity contribution in [1.29, 1.82) is 0 Å². The Bertz CT molecular complexity index is 1080. The Labute approximate surface area is 200 Å². The predicted molar refractivity (Wildman–Crippen MR) is 134 cm³/mol. The lowest BCUT2D eigenvalue weighted by Crippen LogP contribution is -2.45. The number of nitrogens with zero attached hydrogens (tertiary/aromatic N) is 3. The molecule has 9 nitrogen and oxygen atoms in total. The number of unbranched alkanes of at least 4 members (excludes halogenated alkanes) is 1. The molecule has 0 aliphatic carbocycles. The zero-order valence-corrected chi connectivity index (χ0v) is 20.5. The summed E-state index contributed by atoms with van der Waals surface area (Å²) >= 11 is 0. The standard InChI is InChI=1S/C25H37N5O4/c1-4-6-16-30-23(26)22(24(32)27-25(30)33)29(5-2)21(31)17-28-15-9-7-8-10-20(28)18-11-13-19(34-3)14-12-18/h11-14,20H,4-10,15-17,26H2,1-3H3,(H,27,32,33). The highest BCUT2D eigenvalue weighted by atomic mass is 16.5. The normalized spacial score (nSPS) is 16.7. The van der Waals surface area contributed by atoms with Crippen molar-refractivity contribution in [2.24, 2.45) is 0 Å². The number of nitrogens with two attached hydrogens (primary N) is 1. The lowest BCUT2D eigenvalue weighted by atomic mass is 10.0. The zero-order chi connectivity index (χ0) is 24.7. The van der Waals surface area contributed by atoms with E-state index in [0.29, 0.717) is 6.54 Å². The van der Waals surface area contributed by atoms with E-state index in [2.05, 4.69) is 22.0 Å². The van der Waals surface area contributed by atoms with E-state index in [4.69, 9.17) is 10.5 Å². The molecule has 0 radical (unpaired) electrons. The molecule has 3 rings (SSSR count). The Hall–Kier alpha value is -3.07. The van der Waals surface area contributed by atoms with Crippen LogP contribution in [0, 0.1) is 0 Å². The molecule has 1 saturated heterocycles. The van der Waals surface area contributed by atoms with Crippen LogP contribution in [0.1, 0.15) is 64.0 Å². The SMILES string of the molecule is CCCCn1c(N)c(N(CC)C(=O)CN2CCCCCC2c2ccc(OC)cc2)c(=O)[nH]c1=O. The van der Waals surface area contributed by atoms with Crippen LogP contribution in [-0.4, -0.2) is 47.1 Å². The van der Waals surface area contributed by atoms with Crippen molar-refractivity contribution in [2.75, 3.05) is 37.4 Å². The maximum atomic E-state index is 13.5. The van der Waals surface area contributed by atoms with Gasteiger partial charge in [-0.3, -0.25) is 24.0 Å². The molecule has 1 fully saturated rings. The van der Waals surface area contributed by atoms with E-state index >= 15 is 0 Å². The number of amides is 1. The highest BCUT2D eigenvalue weighted by Gasteiger charge is 2.29. The van der Waals surface area contributed by atoms with Crippen LogP contribution in [0.2, 0.25) is 0 Å². The molecular formula is C25H37N5O4. The Kier molecular flexibility index (Phi) is 8.92. The number of anilines is 2. The molecule has 0 saturated carbocycles. The van der Waals surface area contributed by atoms with Crippen molar-refractivity contribution >= 4 is 17.4 Å². The fraction of sp³-hybridized carbons (Fsp3) is 0.560. The van der Waals surface area contributed by atoms with Gasteiger partial charge in [-0.15, -0.1) is 0 Å². The maximum absolute atomic E-state index is 13.5. The summed E-state index contributed by atoms with van der Waals surface area (Å²) in [6.07, 6.45) is 5.79. The van der Waals surface area contributed by atoms with Gasteiger partial charge in [0.1, 0.15) is 11.6 Å². The number of H-pyrrole nitrogens is 1. The minimum atomic E-state index is -0.631. The van der Waals surface area contributed by atoms with Crippen molar-refractivity contribution in [3.8, 4) is 5.75 Å². The van der Waals surface area contributed by atoms with E-state index in [0.717, 1.165) is 56.4 Å². The van der Waals surface area contributed by atoms with Crippen molar-refractivity contribution in [2.45, 2.75) is 65.0 Å². The Balaban J connectivity index is 1.89. The molecule has 2 heterocycles. The number of likely N-dealkylation sites (N-methyl/N-ethyl adjacent to an activating group) is 1. The second-order valence-electron chi connectivity index (χ2n) is 8.75. The minimum Gasteiger partial charge on any atom is -0.497 e. The second-order valence-corrected chi connectivity index (χ2v) is 8.75. The third kappa shape index (κ3) is 5.70. The topological polar surface area (TPSA) is 114 Å². The van der Waals surface area contributed by atoms with Crippen LogP contribution in [0.4, 0.5) is 11.5 Å². The van der Waals surface area contributed by atoms with Gasteiger partial charge in [-0.2, -0.15) is 0 Å². The average Bonchev–Trinajstić information content (AvgIpc) is 3.06. The van der Waals surface area contributed by atoms with Crippen LogP contribution >= 0.6 is 0 Å². The Morgan fingerprint density at radius 2 is 1.91 bits per heavy atom. The quantitative estimate of drug-likeness (QED) is 0.581. The molecule has 1 amide bonds. The first kappa shape index (κ1) is 25.6. The number of methoxy groups -OCH3 is 1. The van der Waals surface area contributed by atoms with Gasteiger partial charge in [0.2, 0.25) is 5.91 Å².